The minimum absolute atomic E-state index is 0. The second kappa shape index (κ2) is 7.81. The molecular formula is C8H7Cl2NaO5S. The predicted octanol–water partition coefficient (Wildman–Crippen LogP) is -1.15. The summed E-state index contributed by atoms with van der Waals surface area (Å²) in [5, 5.41) is 0.744. The van der Waals surface area contributed by atoms with Gasteiger partial charge in [-0.05, 0) is 18.2 Å². The Morgan fingerprint density at radius 1 is 1.24 bits per heavy atom. The summed E-state index contributed by atoms with van der Waals surface area (Å²) in [6, 6.07) is 4.56. The maximum Gasteiger partial charge on any atom is 1.00 e. The van der Waals surface area contributed by atoms with Gasteiger partial charge >= 0.3 is 29.6 Å². The smallest absolute Gasteiger partial charge is 0.726 e. The first-order valence-corrected chi connectivity index (χ1v) is 6.15. The van der Waals surface area contributed by atoms with Gasteiger partial charge in [-0.2, -0.15) is 0 Å². The summed E-state index contributed by atoms with van der Waals surface area (Å²) in [6.07, 6.45) is 0. The van der Waals surface area contributed by atoms with Crippen LogP contribution in [0.2, 0.25) is 10.0 Å². The van der Waals surface area contributed by atoms with Crippen LogP contribution in [0.25, 0.3) is 0 Å². The fourth-order valence-corrected chi connectivity index (χ4v) is 1.62. The van der Waals surface area contributed by atoms with E-state index in [9.17, 15) is 13.0 Å². The third-order valence-electron chi connectivity index (χ3n) is 1.46. The van der Waals surface area contributed by atoms with Gasteiger partial charge in [-0.3, -0.25) is 4.18 Å². The maximum atomic E-state index is 10.1. The summed E-state index contributed by atoms with van der Waals surface area (Å²) in [7, 11) is -4.68. The molecule has 9 heteroatoms. The molecule has 1 aromatic carbocycles. The van der Waals surface area contributed by atoms with Gasteiger partial charge in [-0.25, -0.2) is 8.42 Å². The molecule has 0 saturated heterocycles. The van der Waals surface area contributed by atoms with Gasteiger partial charge in [-0.15, -0.1) is 0 Å². The van der Waals surface area contributed by atoms with Gasteiger partial charge in [0.15, 0.2) is 0 Å². The molecule has 17 heavy (non-hydrogen) atoms. The van der Waals surface area contributed by atoms with Crippen LogP contribution >= 0.6 is 23.2 Å². The normalized spacial score (nSPS) is 10.8. The van der Waals surface area contributed by atoms with E-state index in [1.807, 2.05) is 0 Å². The van der Waals surface area contributed by atoms with Crippen molar-refractivity contribution in [1.82, 2.24) is 0 Å². The molecule has 0 fully saturated rings. The van der Waals surface area contributed by atoms with Crippen molar-refractivity contribution in [2.24, 2.45) is 0 Å². The molecule has 0 unspecified atom stereocenters. The molecular weight excluding hydrogens is 302 g/mol. The zero-order valence-electron chi connectivity index (χ0n) is 8.85. The van der Waals surface area contributed by atoms with Gasteiger partial charge in [0, 0.05) is 5.02 Å². The molecule has 0 N–H and O–H groups in total. The molecule has 0 bridgehead atoms. The van der Waals surface area contributed by atoms with Crippen molar-refractivity contribution in [3.05, 3.63) is 28.2 Å². The minimum Gasteiger partial charge on any atom is -0.726 e. The summed E-state index contributed by atoms with van der Waals surface area (Å²) in [6.45, 7) is -0.479. The summed E-state index contributed by atoms with van der Waals surface area (Å²) in [5.74, 6) is 0.331. The Bertz CT molecular complexity index is 465. The van der Waals surface area contributed by atoms with Crippen LogP contribution in [0.5, 0.6) is 5.75 Å². The first-order valence-electron chi connectivity index (χ1n) is 4.06. The number of ether oxygens (including phenoxy) is 1. The monoisotopic (exact) mass is 308 g/mol. The topological polar surface area (TPSA) is 75.7 Å². The Hall–Kier alpha value is 0.470. The molecule has 0 aliphatic heterocycles. The number of halogens is 2. The van der Waals surface area contributed by atoms with Gasteiger partial charge < -0.3 is 9.29 Å². The number of rotatable bonds is 5. The quantitative estimate of drug-likeness (QED) is 0.297. The van der Waals surface area contributed by atoms with E-state index in [0.29, 0.717) is 10.8 Å². The molecule has 0 spiro atoms. The van der Waals surface area contributed by atoms with Gasteiger partial charge in [0.2, 0.25) is 10.4 Å². The molecule has 5 nitrogen and oxygen atoms in total. The van der Waals surface area contributed by atoms with Crippen LogP contribution in [-0.4, -0.2) is 26.2 Å². The molecule has 0 radical (unpaired) electrons. The van der Waals surface area contributed by atoms with Crippen molar-refractivity contribution in [1.29, 1.82) is 0 Å². The Kier molecular flexibility index (Phi) is 8.02. The number of benzene rings is 1. The molecule has 0 aromatic heterocycles. The molecule has 1 rings (SSSR count). The van der Waals surface area contributed by atoms with Crippen molar-refractivity contribution >= 4 is 33.6 Å². The van der Waals surface area contributed by atoms with E-state index in [2.05, 4.69) is 4.18 Å². The van der Waals surface area contributed by atoms with Crippen molar-refractivity contribution in [2.75, 3.05) is 13.2 Å². The van der Waals surface area contributed by atoms with Crippen LogP contribution in [0.4, 0.5) is 0 Å². The molecule has 0 amide bonds. The molecule has 0 atom stereocenters. The third kappa shape index (κ3) is 7.48. The average molecular weight is 309 g/mol. The van der Waals surface area contributed by atoms with E-state index < -0.39 is 10.4 Å². The van der Waals surface area contributed by atoms with Crippen LogP contribution in [0.15, 0.2) is 18.2 Å². The van der Waals surface area contributed by atoms with Gasteiger partial charge in [0.25, 0.3) is 0 Å². The maximum absolute atomic E-state index is 10.1. The van der Waals surface area contributed by atoms with Crippen LogP contribution in [-0.2, 0) is 14.6 Å². The first-order chi connectivity index (χ1) is 7.38. The zero-order chi connectivity index (χ0) is 12.2. The summed E-state index contributed by atoms with van der Waals surface area (Å²) in [4.78, 5) is 0. The third-order valence-corrected chi connectivity index (χ3v) is 2.45. The Morgan fingerprint density at radius 3 is 2.41 bits per heavy atom. The zero-order valence-corrected chi connectivity index (χ0v) is 13.2. The second-order valence-corrected chi connectivity index (χ2v) is 4.55. The fourth-order valence-electron chi connectivity index (χ4n) is 0.880. The van der Waals surface area contributed by atoms with Crippen molar-refractivity contribution < 1.29 is 51.4 Å². The summed E-state index contributed by atoms with van der Waals surface area (Å²) < 4.78 is 39.2. The molecule has 90 valence electrons. The van der Waals surface area contributed by atoms with E-state index in [0.717, 1.165) is 0 Å². The van der Waals surface area contributed by atoms with Crippen LogP contribution in [0.1, 0.15) is 0 Å². The second-order valence-electron chi connectivity index (χ2n) is 2.65. The van der Waals surface area contributed by atoms with Crippen molar-refractivity contribution in [3.63, 3.8) is 0 Å². The van der Waals surface area contributed by atoms with E-state index in [1.165, 1.54) is 12.1 Å². The molecule has 0 aliphatic rings. The average Bonchev–Trinajstić information content (AvgIpc) is 2.13. The Balaban J connectivity index is 0.00000256. The van der Waals surface area contributed by atoms with E-state index >= 15 is 0 Å². The summed E-state index contributed by atoms with van der Waals surface area (Å²) >= 11 is 11.4. The van der Waals surface area contributed by atoms with Gasteiger partial charge in [0.05, 0.1) is 11.6 Å². The van der Waals surface area contributed by atoms with Crippen LogP contribution in [0, 0.1) is 0 Å². The largest absolute Gasteiger partial charge is 1.00 e. The number of hydrogen-bond acceptors (Lipinski definition) is 5. The van der Waals surface area contributed by atoms with Crippen molar-refractivity contribution in [2.45, 2.75) is 0 Å². The molecule has 0 aliphatic carbocycles. The van der Waals surface area contributed by atoms with Gasteiger partial charge in [0.1, 0.15) is 12.4 Å². The number of hydrogen-bond donors (Lipinski definition) is 0. The molecule has 0 saturated carbocycles. The molecule has 0 heterocycles. The first kappa shape index (κ1) is 17.5. The van der Waals surface area contributed by atoms with E-state index in [1.54, 1.807) is 6.07 Å². The Labute approximate surface area is 131 Å². The fraction of sp³-hybridized carbons (Fsp3) is 0.250. The summed E-state index contributed by atoms with van der Waals surface area (Å²) in [5.41, 5.74) is 0. The SMILES string of the molecule is O=S(=O)([O-])OCCOc1ccc(Cl)cc1Cl.[Na+]. The van der Waals surface area contributed by atoms with Crippen LogP contribution < -0.4 is 34.3 Å². The molecule has 1 aromatic rings. The van der Waals surface area contributed by atoms with Crippen LogP contribution in [0.3, 0.4) is 0 Å². The Morgan fingerprint density at radius 2 is 1.88 bits per heavy atom. The van der Waals surface area contributed by atoms with E-state index in [4.69, 9.17) is 27.9 Å². The van der Waals surface area contributed by atoms with Crippen molar-refractivity contribution in [3.8, 4) is 5.75 Å². The predicted molar refractivity (Wildman–Crippen MR) is 57.6 cm³/mol. The standard InChI is InChI=1S/C8H8Cl2O5S.Na/c9-6-1-2-8(7(10)5-6)14-3-4-15-16(11,12)13;/h1-2,5H,3-4H2,(H,11,12,13);/q;+1/p-1. The minimum atomic E-state index is -4.68. The van der Waals surface area contributed by atoms with E-state index in [-0.39, 0.29) is 47.8 Å². The van der Waals surface area contributed by atoms with Gasteiger partial charge in [-0.1, -0.05) is 23.2 Å².